The molecule has 0 N–H and O–H groups in total. The highest BCUT2D eigenvalue weighted by Crippen LogP contribution is 2.51. The molecule has 0 saturated carbocycles. The van der Waals surface area contributed by atoms with Gasteiger partial charge in [0.25, 0.3) is 0 Å². The zero-order chi connectivity index (χ0) is 15.7. The van der Waals surface area contributed by atoms with E-state index in [0.717, 1.165) is 18.5 Å². The first kappa shape index (κ1) is 14.7. The Bertz CT molecular complexity index is 715. The first-order valence-corrected chi connectivity index (χ1v) is 7.54. The second kappa shape index (κ2) is 5.50. The highest BCUT2D eigenvalue weighted by Gasteiger charge is 2.46. The van der Waals surface area contributed by atoms with Gasteiger partial charge in [0, 0.05) is 41.0 Å². The number of nitrogens with zero attached hydrogens (tertiary/aromatic N) is 4. The molecule has 3 rings (SSSR count). The Morgan fingerprint density at radius 2 is 2.36 bits per heavy atom. The van der Waals surface area contributed by atoms with E-state index in [4.69, 9.17) is 10.3 Å². The lowest BCUT2D eigenvalue weighted by Gasteiger charge is -2.47. The fourth-order valence-corrected chi connectivity index (χ4v) is 4.11. The number of rotatable bonds is 3. The molecule has 2 aliphatic rings. The van der Waals surface area contributed by atoms with Crippen molar-refractivity contribution in [1.29, 1.82) is 0 Å². The minimum Gasteiger partial charge on any atom is -0.481 e. The average molecular weight is 296 g/mol. The number of aromatic nitrogens is 1. The molecule has 1 aromatic heterocycles. The molecular formula is C17H20N4O. The lowest BCUT2D eigenvalue weighted by atomic mass is 9.58. The molecule has 0 aliphatic heterocycles. The topological polar surface area (TPSA) is 70.9 Å². The van der Waals surface area contributed by atoms with Crippen LogP contribution in [-0.2, 0) is 11.8 Å². The summed E-state index contributed by atoms with van der Waals surface area (Å²) in [5.74, 6) is 0.972. The Labute approximate surface area is 130 Å². The van der Waals surface area contributed by atoms with Crippen LogP contribution < -0.4 is 4.74 Å². The molecule has 0 fully saturated rings. The predicted octanol–water partition coefficient (Wildman–Crippen LogP) is 4.11. The van der Waals surface area contributed by atoms with Crippen molar-refractivity contribution in [2.24, 2.45) is 11.0 Å². The number of hydrogen-bond acceptors (Lipinski definition) is 3. The van der Waals surface area contributed by atoms with Crippen LogP contribution in [0.1, 0.15) is 31.5 Å². The second-order valence-electron chi connectivity index (χ2n) is 6.06. The largest absolute Gasteiger partial charge is 0.481 e. The summed E-state index contributed by atoms with van der Waals surface area (Å²) >= 11 is 0. The number of ether oxygens (including phenoxy) is 1. The average Bonchev–Trinajstić information content (AvgIpc) is 2.51. The van der Waals surface area contributed by atoms with Crippen LogP contribution in [-0.4, -0.2) is 18.6 Å². The van der Waals surface area contributed by atoms with E-state index in [2.05, 4.69) is 47.1 Å². The first-order chi connectivity index (χ1) is 10.6. The van der Waals surface area contributed by atoms with E-state index in [1.807, 2.05) is 6.07 Å². The molecular weight excluding hydrogens is 276 g/mol. The third-order valence-corrected chi connectivity index (χ3v) is 4.82. The highest BCUT2D eigenvalue weighted by atomic mass is 16.5. The lowest BCUT2D eigenvalue weighted by molar-refractivity contribution is 0.378. The lowest BCUT2D eigenvalue weighted by Crippen LogP contribution is -2.43. The van der Waals surface area contributed by atoms with Crippen LogP contribution in [0, 0.1) is 5.92 Å². The Morgan fingerprint density at radius 3 is 3.05 bits per heavy atom. The minimum absolute atomic E-state index is 0.253. The number of methoxy groups -OCH3 is 1. The Balaban J connectivity index is 2.24. The van der Waals surface area contributed by atoms with Crippen LogP contribution in [0.3, 0.4) is 0 Å². The van der Waals surface area contributed by atoms with Gasteiger partial charge in [0.05, 0.1) is 7.11 Å². The summed E-state index contributed by atoms with van der Waals surface area (Å²) in [6.07, 6.45) is 6.27. The maximum atomic E-state index is 8.83. The third kappa shape index (κ3) is 2.09. The smallest absolute Gasteiger partial charge is 0.213 e. The third-order valence-electron chi connectivity index (χ3n) is 4.82. The van der Waals surface area contributed by atoms with Gasteiger partial charge in [-0.2, -0.15) is 0 Å². The molecule has 22 heavy (non-hydrogen) atoms. The number of hydrogen-bond donors (Lipinski definition) is 0. The minimum atomic E-state index is -0.253. The molecule has 2 atom stereocenters. The van der Waals surface area contributed by atoms with Gasteiger partial charge >= 0.3 is 0 Å². The molecule has 0 aromatic carbocycles. The van der Waals surface area contributed by atoms with E-state index in [-0.39, 0.29) is 5.41 Å². The Kier molecular flexibility index (Phi) is 3.67. The summed E-state index contributed by atoms with van der Waals surface area (Å²) in [7, 11) is 1.63. The summed E-state index contributed by atoms with van der Waals surface area (Å²) in [4.78, 5) is 7.65. The number of pyridine rings is 1. The predicted molar refractivity (Wildman–Crippen MR) is 85.8 cm³/mol. The van der Waals surface area contributed by atoms with Crippen molar-refractivity contribution in [2.75, 3.05) is 13.7 Å². The summed E-state index contributed by atoms with van der Waals surface area (Å²) in [6, 6.07) is 3.99. The summed E-state index contributed by atoms with van der Waals surface area (Å²) in [5.41, 5.74) is 13.5. The van der Waals surface area contributed by atoms with Crippen LogP contribution >= 0.6 is 0 Å². The van der Waals surface area contributed by atoms with Gasteiger partial charge in [0.15, 0.2) is 0 Å². The fourth-order valence-electron chi connectivity index (χ4n) is 4.11. The molecule has 2 bridgehead atoms. The van der Waals surface area contributed by atoms with Gasteiger partial charge in [-0.3, -0.25) is 0 Å². The summed E-state index contributed by atoms with van der Waals surface area (Å²) < 4.78 is 5.27. The number of fused-ring (bicyclic) bond motifs is 4. The van der Waals surface area contributed by atoms with Crippen molar-refractivity contribution in [1.82, 2.24) is 4.98 Å². The van der Waals surface area contributed by atoms with Crippen molar-refractivity contribution in [2.45, 2.75) is 32.1 Å². The normalized spacial score (nSPS) is 27.7. The van der Waals surface area contributed by atoms with Crippen molar-refractivity contribution >= 4 is 0 Å². The van der Waals surface area contributed by atoms with Crippen LogP contribution in [0.25, 0.3) is 10.4 Å². The zero-order valence-electron chi connectivity index (χ0n) is 13.2. The molecule has 5 heteroatoms. The van der Waals surface area contributed by atoms with Gasteiger partial charge in [-0.1, -0.05) is 34.5 Å². The summed E-state index contributed by atoms with van der Waals surface area (Å²) in [6.45, 7) is 4.67. The molecule has 1 aromatic rings. The quantitative estimate of drug-likeness (QED) is 0.364. The standard InChI is InChI=1S/C17H20N4O/c1-4-13-12-7-11(2)9-17(13,10-19-21-18)14-5-6-16(22-3)20-15(14)8-12/h4-7,12H,8-10H2,1-3H3/b13-4+/t12-,17+/m0/s1. The van der Waals surface area contributed by atoms with E-state index in [0.29, 0.717) is 18.3 Å². The molecule has 0 spiro atoms. The first-order valence-electron chi connectivity index (χ1n) is 7.54. The molecule has 0 unspecified atom stereocenters. The van der Waals surface area contributed by atoms with Crippen LogP contribution in [0.15, 0.2) is 40.5 Å². The van der Waals surface area contributed by atoms with Crippen molar-refractivity contribution in [3.05, 3.63) is 57.1 Å². The van der Waals surface area contributed by atoms with Crippen molar-refractivity contribution in [3.63, 3.8) is 0 Å². The highest BCUT2D eigenvalue weighted by molar-refractivity contribution is 5.51. The van der Waals surface area contributed by atoms with E-state index in [1.165, 1.54) is 16.7 Å². The SMILES string of the molecule is C/C=C1\[C@H]2C=C(C)C[C@]1(CN=[N+]=[N-])c1ccc(OC)nc1C2. The van der Waals surface area contributed by atoms with E-state index in [9.17, 15) is 0 Å². The van der Waals surface area contributed by atoms with Crippen molar-refractivity contribution < 1.29 is 4.74 Å². The Hall–Kier alpha value is -2.26. The number of allylic oxidation sites excluding steroid dienone is 3. The molecule has 114 valence electrons. The molecule has 1 heterocycles. The van der Waals surface area contributed by atoms with E-state index in [1.54, 1.807) is 7.11 Å². The van der Waals surface area contributed by atoms with E-state index >= 15 is 0 Å². The Morgan fingerprint density at radius 1 is 1.55 bits per heavy atom. The molecule has 5 nitrogen and oxygen atoms in total. The summed E-state index contributed by atoms with van der Waals surface area (Å²) in [5, 5.41) is 3.93. The monoisotopic (exact) mass is 296 g/mol. The van der Waals surface area contributed by atoms with Gasteiger partial charge in [0.2, 0.25) is 5.88 Å². The van der Waals surface area contributed by atoms with E-state index < -0.39 is 0 Å². The maximum Gasteiger partial charge on any atom is 0.213 e. The van der Waals surface area contributed by atoms with Gasteiger partial charge in [-0.25, -0.2) is 4.98 Å². The van der Waals surface area contributed by atoms with Gasteiger partial charge in [0.1, 0.15) is 0 Å². The zero-order valence-corrected chi connectivity index (χ0v) is 13.2. The fraction of sp³-hybridized carbons (Fsp3) is 0.471. The van der Waals surface area contributed by atoms with Gasteiger partial charge in [-0.15, -0.1) is 0 Å². The molecule has 0 radical (unpaired) electrons. The van der Waals surface area contributed by atoms with Crippen LogP contribution in [0.2, 0.25) is 0 Å². The van der Waals surface area contributed by atoms with Gasteiger partial charge in [-0.05, 0) is 31.4 Å². The van der Waals surface area contributed by atoms with Gasteiger partial charge < -0.3 is 4.74 Å². The number of azide groups is 1. The second-order valence-corrected chi connectivity index (χ2v) is 6.06. The molecule has 0 saturated heterocycles. The molecule has 0 amide bonds. The molecule has 2 aliphatic carbocycles. The maximum absolute atomic E-state index is 8.83. The van der Waals surface area contributed by atoms with Crippen molar-refractivity contribution in [3.8, 4) is 5.88 Å². The van der Waals surface area contributed by atoms with Crippen LogP contribution in [0.4, 0.5) is 0 Å². The van der Waals surface area contributed by atoms with Crippen LogP contribution in [0.5, 0.6) is 5.88 Å².